The molecule has 2 heterocycles. The second kappa shape index (κ2) is 7.14. The van der Waals surface area contributed by atoms with Gasteiger partial charge in [-0.05, 0) is 40.2 Å². The van der Waals surface area contributed by atoms with Crippen molar-refractivity contribution in [2.75, 3.05) is 20.2 Å². The van der Waals surface area contributed by atoms with Crippen molar-refractivity contribution < 1.29 is 27.4 Å². The number of halogens is 4. The lowest BCUT2D eigenvalue weighted by Crippen LogP contribution is -2.56. The number of hydrogen-bond acceptors (Lipinski definition) is 4. The van der Waals surface area contributed by atoms with Crippen molar-refractivity contribution in [1.82, 2.24) is 9.88 Å². The Morgan fingerprint density at radius 2 is 2.00 bits per heavy atom. The van der Waals surface area contributed by atoms with Crippen molar-refractivity contribution in [3.8, 4) is 11.6 Å². The number of methoxy groups -OCH3 is 1. The van der Waals surface area contributed by atoms with Crippen molar-refractivity contribution in [2.24, 2.45) is 0 Å². The minimum atomic E-state index is -4.53. The summed E-state index contributed by atoms with van der Waals surface area (Å²) in [7, 11) is 1.51. The number of carbonyl (C=O) groups is 1. The molecule has 1 aromatic heterocycles. The van der Waals surface area contributed by atoms with E-state index in [1.807, 2.05) is 0 Å². The smallest absolute Gasteiger partial charge is 0.433 e. The topological polar surface area (TPSA) is 51.7 Å². The summed E-state index contributed by atoms with van der Waals surface area (Å²) in [4.78, 5) is 17.5. The highest BCUT2D eigenvalue weighted by atomic mass is 79.9. The molecule has 0 N–H and O–H groups in total. The zero-order valence-electron chi connectivity index (χ0n) is 13.6. The molecule has 0 atom stereocenters. The first-order valence-corrected chi connectivity index (χ1v) is 8.41. The fourth-order valence-corrected chi connectivity index (χ4v) is 2.87. The van der Waals surface area contributed by atoms with E-state index in [-0.39, 0.29) is 24.9 Å². The number of nitrogens with zero attached hydrogens (tertiary/aromatic N) is 2. The average molecular weight is 431 g/mol. The molecule has 1 fully saturated rings. The van der Waals surface area contributed by atoms with E-state index in [1.165, 1.54) is 24.1 Å². The van der Waals surface area contributed by atoms with Gasteiger partial charge in [0.1, 0.15) is 17.5 Å². The maximum atomic E-state index is 12.7. The summed E-state index contributed by atoms with van der Waals surface area (Å²) >= 11 is 3.33. The molecule has 1 aromatic carbocycles. The van der Waals surface area contributed by atoms with Gasteiger partial charge >= 0.3 is 6.18 Å². The van der Waals surface area contributed by atoms with E-state index < -0.39 is 18.0 Å². The van der Waals surface area contributed by atoms with Gasteiger partial charge in [-0.25, -0.2) is 4.98 Å². The van der Waals surface area contributed by atoms with Gasteiger partial charge in [-0.1, -0.05) is 6.07 Å². The quantitative estimate of drug-likeness (QED) is 0.740. The Labute approximate surface area is 155 Å². The molecule has 0 unspecified atom stereocenters. The number of amides is 1. The molecule has 138 valence electrons. The van der Waals surface area contributed by atoms with Gasteiger partial charge in [-0.3, -0.25) is 4.79 Å². The van der Waals surface area contributed by atoms with Crippen LogP contribution in [0.5, 0.6) is 11.6 Å². The molecule has 1 aliphatic rings. The van der Waals surface area contributed by atoms with Crippen LogP contribution in [-0.2, 0) is 6.18 Å². The van der Waals surface area contributed by atoms with Crippen LogP contribution in [0.15, 0.2) is 40.9 Å². The molecule has 3 rings (SSSR count). The van der Waals surface area contributed by atoms with Gasteiger partial charge in [0.15, 0.2) is 0 Å². The average Bonchev–Trinajstić information content (AvgIpc) is 2.57. The Kier molecular flexibility index (Phi) is 5.08. The number of benzene rings is 1. The zero-order valence-corrected chi connectivity index (χ0v) is 15.2. The first-order valence-electron chi connectivity index (χ1n) is 7.61. The third kappa shape index (κ3) is 3.92. The molecule has 1 saturated heterocycles. The van der Waals surface area contributed by atoms with Gasteiger partial charge in [0.25, 0.3) is 5.91 Å². The van der Waals surface area contributed by atoms with Crippen LogP contribution in [0.25, 0.3) is 0 Å². The molecule has 26 heavy (non-hydrogen) atoms. The number of ether oxygens (including phenoxy) is 2. The number of hydrogen-bond donors (Lipinski definition) is 0. The summed E-state index contributed by atoms with van der Waals surface area (Å²) in [5, 5.41) is 0. The zero-order chi connectivity index (χ0) is 18.9. The van der Waals surface area contributed by atoms with Crippen molar-refractivity contribution in [1.29, 1.82) is 0 Å². The number of likely N-dealkylation sites (tertiary alicyclic amines) is 1. The minimum absolute atomic E-state index is 0.112. The second-order valence-electron chi connectivity index (χ2n) is 5.65. The van der Waals surface area contributed by atoms with Gasteiger partial charge in [-0.2, -0.15) is 13.2 Å². The molecule has 0 spiro atoms. The number of pyridine rings is 1. The predicted molar refractivity (Wildman–Crippen MR) is 90.3 cm³/mol. The van der Waals surface area contributed by atoms with Gasteiger partial charge in [0.2, 0.25) is 5.88 Å². The minimum Gasteiger partial charge on any atom is -0.497 e. The molecule has 1 aliphatic heterocycles. The third-order valence-electron chi connectivity index (χ3n) is 3.84. The predicted octanol–water partition coefficient (Wildman–Crippen LogP) is 3.77. The number of aromatic nitrogens is 1. The van der Waals surface area contributed by atoms with E-state index in [4.69, 9.17) is 9.47 Å². The molecular formula is C17H14BrF3N2O3. The molecule has 9 heteroatoms. The Hall–Kier alpha value is -2.29. The van der Waals surface area contributed by atoms with Gasteiger partial charge < -0.3 is 14.4 Å². The van der Waals surface area contributed by atoms with E-state index in [1.54, 1.807) is 18.2 Å². The Morgan fingerprint density at radius 1 is 1.27 bits per heavy atom. The fourth-order valence-electron chi connectivity index (χ4n) is 2.45. The molecule has 0 radical (unpaired) electrons. The van der Waals surface area contributed by atoms with Gasteiger partial charge in [0.05, 0.1) is 25.8 Å². The van der Waals surface area contributed by atoms with Crippen LogP contribution in [-0.4, -0.2) is 42.1 Å². The number of alkyl halides is 3. The highest BCUT2D eigenvalue weighted by Crippen LogP contribution is 2.30. The SMILES string of the molecule is COc1ccc(Br)c(C(=O)N2CC(Oc3cccc(C(F)(F)F)n3)C2)c1. The Bertz CT molecular complexity index is 823. The molecule has 0 saturated carbocycles. The molecule has 1 amide bonds. The van der Waals surface area contributed by atoms with Crippen LogP contribution in [0.3, 0.4) is 0 Å². The molecular weight excluding hydrogens is 417 g/mol. The number of carbonyl (C=O) groups excluding carboxylic acids is 1. The molecule has 2 aromatic rings. The second-order valence-corrected chi connectivity index (χ2v) is 6.51. The largest absolute Gasteiger partial charge is 0.497 e. The van der Waals surface area contributed by atoms with Gasteiger partial charge in [-0.15, -0.1) is 0 Å². The monoisotopic (exact) mass is 430 g/mol. The summed E-state index contributed by atoms with van der Waals surface area (Å²) in [6.45, 7) is 0.529. The highest BCUT2D eigenvalue weighted by molar-refractivity contribution is 9.10. The number of rotatable bonds is 4. The molecule has 5 nitrogen and oxygen atoms in total. The Morgan fingerprint density at radius 3 is 2.65 bits per heavy atom. The first-order chi connectivity index (χ1) is 12.3. The van der Waals surface area contributed by atoms with Crippen molar-refractivity contribution in [2.45, 2.75) is 12.3 Å². The molecule has 0 aliphatic carbocycles. The summed E-state index contributed by atoms with van der Waals surface area (Å²) < 4.78 is 49.2. The summed E-state index contributed by atoms with van der Waals surface area (Å²) in [5.74, 6) is 0.227. The summed E-state index contributed by atoms with van der Waals surface area (Å²) in [6.07, 6.45) is -4.93. The standard InChI is InChI=1S/C17H14BrF3N2O3/c1-25-10-5-6-13(18)12(7-10)16(24)23-8-11(9-23)26-15-4-2-3-14(22-15)17(19,20)21/h2-7,11H,8-9H2,1H3. The summed E-state index contributed by atoms with van der Waals surface area (Å²) in [5.41, 5.74) is -0.567. The lowest BCUT2D eigenvalue weighted by Gasteiger charge is -2.38. The van der Waals surface area contributed by atoms with E-state index in [2.05, 4.69) is 20.9 Å². The lowest BCUT2D eigenvalue weighted by molar-refractivity contribution is -0.141. The van der Waals surface area contributed by atoms with Crippen LogP contribution in [0, 0.1) is 0 Å². The van der Waals surface area contributed by atoms with E-state index in [0.717, 1.165) is 6.07 Å². The van der Waals surface area contributed by atoms with E-state index in [0.29, 0.717) is 15.8 Å². The van der Waals surface area contributed by atoms with Crippen molar-refractivity contribution in [3.05, 3.63) is 52.1 Å². The maximum absolute atomic E-state index is 12.7. The van der Waals surface area contributed by atoms with Crippen LogP contribution in [0.4, 0.5) is 13.2 Å². The van der Waals surface area contributed by atoms with Crippen LogP contribution < -0.4 is 9.47 Å². The summed E-state index contributed by atoms with van der Waals surface area (Å²) in [6, 6.07) is 8.53. The maximum Gasteiger partial charge on any atom is 0.433 e. The lowest BCUT2D eigenvalue weighted by atomic mass is 10.1. The Balaban J connectivity index is 1.62. The first kappa shape index (κ1) is 18.5. The van der Waals surface area contributed by atoms with Crippen molar-refractivity contribution in [3.63, 3.8) is 0 Å². The van der Waals surface area contributed by atoms with Crippen molar-refractivity contribution >= 4 is 21.8 Å². The van der Waals surface area contributed by atoms with Crippen LogP contribution >= 0.6 is 15.9 Å². The third-order valence-corrected chi connectivity index (χ3v) is 4.53. The van der Waals surface area contributed by atoms with Crippen LogP contribution in [0.1, 0.15) is 16.1 Å². The highest BCUT2D eigenvalue weighted by Gasteiger charge is 2.35. The van der Waals surface area contributed by atoms with E-state index in [9.17, 15) is 18.0 Å². The van der Waals surface area contributed by atoms with Gasteiger partial charge in [0, 0.05) is 10.5 Å². The van der Waals surface area contributed by atoms with E-state index >= 15 is 0 Å². The van der Waals surface area contributed by atoms with Crippen LogP contribution in [0.2, 0.25) is 0 Å². The normalized spacial score (nSPS) is 14.7. The molecule has 0 bridgehead atoms. The fraction of sp³-hybridized carbons (Fsp3) is 0.294.